The van der Waals surface area contributed by atoms with Crippen molar-refractivity contribution >= 4 is 85.1 Å². The van der Waals surface area contributed by atoms with Crippen molar-refractivity contribution in [2.75, 3.05) is 14.7 Å². The highest BCUT2D eigenvalue weighted by molar-refractivity contribution is 7.00. The molecule has 0 saturated heterocycles. The lowest BCUT2D eigenvalue weighted by molar-refractivity contribution is 0.590. The van der Waals surface area contributed by atoms with E-state index < -0.39 is 0 Å². The fourth-order valence-electron chi connectivity index (χ4n) is 8.66. The first-order valence-corrected chi connectivity index (χ1v) is 18.9. The summed E-state index contributed by atoms with van der Waals surface area (Å²) in [4.78, 5) is 7.37. The van der Waals surface area contributed by atoms with Gasteiger partial charge >= 0.3 is 0 Å². The lowest BCUT2D eigenvalue weighted by Crippen LogP contribution is -2.61. The van der Waals surface area contributed by atoms with Crippen LogP contribution in [0, 0.1) is 0 Å². The first kappa shape index (κ1) is 32.2. The van der Waals surface area contributed by atoms with Gasteiger partial charge in [-0.3, -0.25) is 0 Å². The maximum atomic E-state index is 2.50. The predicted molar refractivity (Wildman–Crippen MR) is 231 cm³/mol. The molecule has 0 unspecified atom stereocenters. The molecule has 258 valence electrons. The lowest BCUT2D eigenvalue weighted by atomic mass is 9.33. The van der Waals surface area contributed by atoms with Crippen LogP contribution < -0.4 is 31.1 Å². The summed E-state index contributed by atoms with van der Waals surface area (Å²) in [6.45, 7) is 6.90. The van der Waals surface area contributed by atoms with Crippen LogP contribution in [0.4, 0.5) is 51.2 Å². The largest absolute Gasteiger partial charge is 0.311 e. The maximum Gasteiger partial charge on any atom is 0.252 e. The second kappa shape index (κ2) is 12.6. The molecule has 4 heteroatoms. The highest BCUT2D eigenvalue weighted by Crippen LogP contribution is 2.46. The van der Waals surface area contributed by atoms with Gasteiger partial charge in [0.15, 0.2) is 0 Å². The number of hydrogen-bond acceptors (Lipinski definition) is 3. The average Bonchev–Trinajstić information content (AvgIpc) is 3.21. The number of anilines is 9. The van der Waals surface area contributed by atoms with Crippen molar-refractivity contribution in [3.05, 3.63) is 194 Å². The van der Waals surface area contributed by atoms with E-state index in [1.54, 1.807) is 0 Å². The third-order valence-corrected chi connectivity index (χ3v) is 11.2. The van der Waals surface area contributed by atoms with Crippen LogP contribution in [0.25, 0.3) is 10.8 Å². The monoisotopic (exact) mass is 693 g/mol. The molecular formula is C50H40BN3. The van der Waals surface area contributed by atoms with E-state index in [1.807, 2.05) is 0 Å². The predicted octanol–water partition coefficient (Wildman–Crippen LogP) is 11.7. The van der Waals surface area contributed by atoms with Gasteiger partial charge in [-0.25, -0.2) is 0 Å². The molecule has 0 bridgehead atoms. The molecule has 0 atom stereocenters. The lowest BCUT2D eigenvalue weighted by Gasteiger charge is -2.44. The third-order valence-electron chi connectivity index (χ3n) is 11.2. The molecule has 0 radical (unpaired) electrons. The Morgan fingerprint density at radius 1 is 0.444 bits per heavy atom. The van der Waals surface area contributed by atoms with Gasteiger partial charge < -0.3 is 14.7 Å². The van der Waals surface area contributed by atoms with Crippen molar-refractivity contribution in [2.24, 2.45) is 0 Å². The summed E-state index contributed by atoms with van der Waals surface area (Å²) in [5.41, 5.74) is 15.8. The Morgan fingerprint density at radius 2 is 1.02 bits per heavy atom. The Labute approximate surface area is 318 Å². The highest BCUT2D eigenvalue weighted by atomic mass is 15.2. The quantitative estimate of drug-likeness (QED) is 0.166. The van der Waals surface area contributed by atoms with Gasteiger partial charge in [0.25, 0.3) is 6.71 Å². The van der Waals surface area contributed by atoms with Gasteiger partial charge in [-0.05, 0) is 106 Å². The summed E-state index contributed by atoms with van der Waals surface area (Å²) in [5.74, 6) is 0. The van der Waals surface area contributed by atoms with Gasteiger partial charge in [-0.1, -0.05) is 136 Å². The van der Waals surface area contributed by atoms with E-state index >= 15 is 0 Å². The summed E-state index contributed by atoms with van der Waals surface area (Å²) in [6.07, 6.45) is 0. The van der Waals surface area contributed by atoms with E-state index in [0.717, 1.165) is 28.4 Å². The summed E-state index contributed by atoms with van der Waals surface area (Å²) < 4.78 is 0. The summed E-state index contributed by atoms with van der Waals surface area (Å²) in [6, 6.07) is 69.0. The van der Waals surface area contributed by atoms with Crippen LogP contribution in [-0.2, 0) is 5.41 Å². The van der Waals surface area contributed by atoms with Gasteiger partial charge in [0.1, 0.15) is 0 Å². The number of nitrogens with zero attached hydrogens (tertiary/aromatic N) is 3. The molecular weight excluding hydrogens is 653 g/mol. The van der Waals surface area contributed by atoms with Crippen molar-refractivity contribution in [1.29, 1.82) is 0 Å². The van der Waals surface area contributed by atoms with E-state index in [9.17, 15) is 0 Å². The van der Waals surface area contributed by atoms with Crippen LogP contribution >= 0.6 is 0 Å². The molecule has 8 aromatic rings. The second-order valence-electron chi connectivity index (χ2n) is 15.4. The van der Waals surface area contributed by atoms with Gasteiger partial charge in [0, 0.05) is 50.9 Å². The molecule has 10 rings (SSSR count). The number of hydrogen-bond donors (Lipinski definition) is 0. The second-order valence-corrected chi connectivity index (χ2v) is 15.4. The van der Waals surface area contributed by atoms with Gasteiger partial charge in [-0.15, -0.1) is 0 Å². The molecule has 8 aromatic carbocycles. The zero-order chi connectivity index (χ0) is 36.4. The molecule has 2 heterocycles. The van der Waals surface area contributed by atoms with E-state index in [-0.39, 0.29) is 12.1 Å². The molecule has 54 heavy (non-hydrogen) atoms. The maximum absolute atomic E-state index is 2.50. The van der Waals surface area contributed by atoms with Crippen LogP contribution in [0.2, 0.25) is 0 Å². The van der Waals surface area contributed by atoms with Gasteiger partial charge in [0.05, 0.1) is 5.69 Å². The molecule has 3 nitrogen and oxygen atoms in total. The minimum atomic E-state index is 0.0526. The van der Waals surface area contributed by atoms with Gasteiger partial charge in [0.2, 0.25) is 0 Å². The molecule has 0 N–H and O–H groups in total. The third kappa shape index (κ3) is 5.13. The normalized spacial score (nSPS) is 13.0. The molecule has 0 saturated carbocycles. The van der Waals surface area contributed by atoms with Crippen molar-refractivity contribution in [3.63, 3.8) is 0 Å². The smallest absolute Gasteiger partial charge is 0.252 e. The zero-order valence-corrected chi connectivity index (χ0v) is 30.8. The Morgan fingerprint density at radius 3 is 1.78 bits per heavy atom. The number of rotatable bonds is 5. The fourth-order valence-corrected chi connectivity index (χ4v) is 8.66. The Kier molecular flexibility index (Phi) is 7.48. The van der Waals surface area contributed by atoms with Crippen LogP contribution in [0.5, 0.6) is 0 Å². The van der Waals surface area contributed by atoms with E-state index in [0.29, 0.717) is 0 Å². The molecule has 0 spiro atoms. The summed E-state index contributed by atoms with van der Waals surface area (Å²) >= 11 is 0. The minimum absolute atomic E-state index is 0.0526. The molecule has 0 aromatic heterocycles. The SMILES string of the molecule is CC(C)(C)c1ccc(N2c3cc(N(c4ccccc4)c4cccc5ccccc45)ccc3B3c4ccccc4N(c4ccccc4)c4cccc2c43)cc1. The number of benzene rings is 8. The summed E-state index contributed by atoms with van der Waals surface area (Å²) in [7, 11) is 0. The standard InChI is InChI=1S/C50H40BN3/c1-50(2,3)36-28-30-39(31-29-36)54-47-27-15-26-46-49(47)51(42-23-12-13-24-45(42)53(46)38-20-8-5-9-21-38)43-33-32-40(34-48(43)54)52(37-18-6-4-7-19-37)44-25-14-17-35-16-10-11-22-41(35)44/h4-34H,1-3H3. The van der Waals surface area contributed by atoms with Crippen LogP contribution in [-0.4, -0.2) is 6.71 Å². The van der Waals surface area contributed by atoms with Crippen molar-refractivity contribution in [1.82, 2.24) is 0 Å². The highest BCUT2D eigenvalue weighted by Gasteiger charge is 2.43. The average molecular weight is 694 g/mol. The van der Waals surface area contributed by atoms with Crippen LogP contribution in [0.3, 0.4) is 0 Å². The Hall–Kier alpha value is -6.52. The number of fused-ring (bicyclic) bond motifs is 5. The fraction of sp³-hybridized carbons (Fsp3) is 0.0800. The minimum Gasteiger partial charge on any atom is -0.311 e. The topological polar surface area (TPSA) is 9.72 Å². The summed E-state index contributed by atoms with van der Waals surface area (Å²) in [5, 5.41) is 2.44. The molecule has 2 aliphatic heterocycles. The van der Waals surface area contributed by atoms with Gasteiger partial charge in [-0.2, -0.15) is 0 Å². The van der Waals surface area contributed by atoms with E-state index in [1.165, 1.54) is 55.5 Å². The van der Waals surface area contributed by atoms with E-state index in [4.69, 9.17) is 0 Å². The first-order valence-electron chi connectivity index (χ1n) is 18.9. The molecule has 0 aliphatic carbocycles. The molecule has 0 fully saturated rings. The number of para-hydroxylation sites is 3. The Bertz CT molecular complexity index is 2660. The Balaban J connectivity index is 1.25. The first-order chi connectivity index (χ1) is 26.5. The van der Waals surface area contributed by atoms with Crippen LogP contribution in [0.15, 0.2) is 188 Å². The van der Waals surface area contributed by atoms with E-state index in [2.05, 4.69) is 224 Å². The zero-order valence-electron chi connectivity index (χ0n) is 30.8. The van der Waals surface area contributed by atoms with Crippen molar-refractivity contribution in [3.8, 4) is 0 Å². The van der Waals surface area contributed by atoms with Crippen molar-refractivity contribution < 1.29 is 0 Å². The molecule has 2 aliphatic rings. The van der Waals surface area contributed by atoms with Crippen LogP contribution in [0.1, 0.15) is 26.3 Å². The molecule has 0 amide bonds. The van der Waals surface area contributed by atoms with Crippen molar-refractivity contribution in [2.45, 2.75) is 26.2 Å².